The van der Waals surface area contributed by atoms with Gasteiger partial charge in [0.15, 0.2) is 0 Å². The molecule has 3 aromatic carbocycles. The third-order valence-corrected chi connectivity index (χ3v) is 4.49. The van der Waals surface area contributed by atoms with Crippen LogP contribution in [-0.4, -0.2) is 30.8 Å². The summed E-state index contributed by atoms with van der Waals surface area (Å²) < 4.78 is 15.8. The highest BCUT2D eigenvalue weighted by Crippen LogP contribution is 2.35. The molecule has 0 bridgehead atoms. The van der Waals surface area contributed by atoms with Crippen molar-refractivity contribution in [3.8, 4) is 39.8 Å². The Bertz CT molecular complexity index is 1230. The Kier molecular flexibility index (Phi) is 4.48. The van der Waals surface area contributed by atoms with Gasteiger partial charge in [-0.25, -0.2) is 14.2 Å². The maximum absolute atomic E-state index is 14.3. The molecule has 0 saturated carbocycles. The highest BCUT2D eigenvalue weighted by atomic mass is 19.1. The number of carboxylic acid groups (broad SMARTS) is 1. The SMILES string of the molecule is O=C(O)c1ccc(-n2cc(-c3ccccc3O)nc2-c2ccccc2O)cc1F. The van der Waals surface area contributed by atoms with E-state index in [0.29, 0.717) is 28.3 Å². The van der Waals surface area contributed by atoms with Gasteiger partial charge < -0.3 is 15.3 Å². The van der Waals surface area contributed by atoms with Gasteiger partial charge in [-0.2, -0.15) is 0 Å². The molecular weight excluding hydrogens is 375 g/mol. The maximum Gasteiger partial charge on any atom is 0.338 e. The number of aromatic carboxylic acids is 1. The van der Waals surface area contributed by atoms with Crippen LogP contribution in [0.1, 0.15) is 10.4 Å². The molecule has 0 spiro atoms. The average Bonchev–Trinajstić information content (AvgIpc) is 3.13. The van der Waals surface area contributed by atoms with Crippen LogP contribution >= 0.6 is 0 Å². The Morgan fingerprint density at radius 3 is 2.10 bits per heavy atom. The second-order valence-electron chi connectivity index (χ2n) is 6.32. The van der Waals surface area contributed by atoms with Crippen LogP contribution in [0.2, 0.25) is 0 Å². The lowest BCUT2D eigenvalue weighted by atomic mass is 10.1. The van der Waals surface area contributed by atoms with Crippen molar-refractivity contribution in [2.24, 2.45) is 0 Å². The Morgan fingerprint density at radius 1 is 0.897 bits per heavy atom. The van der Waals surface area contributed by atoms with Gasteiger partial charge >= 0.3 is 5.97 Å². The predicted octanol–water partition coefficient (Wildman–Crippen LogP) is 4.45. The number of carboxylic acids is 1. The van der Waals surface area contributed by atoms with Gasteiger partial charge in [0.25, 0.3) is 0 Å². The Balaban J connectivity index is 1.95. The Hall–Kier alpha value is -4.13. The first-order valence-corrected chi connectivity index (χ1v) is 8.65. The van der Waals surface area contributed by atoms with E-state index in [-0.39, 0.29) is 11.5 Å². The second-order valence-corrected chi connectivity index (χ2v) is 6.32. The number of halogens is 1. The van der Waals surface area contributed by atoms with Crippen molar-refractivity contribution in [2.75, 3.05) is 0 Å². The first kappa shape index (κ1) is 18.2. The predicted molar refractivity (Wildman–Crippen MR) is 105 cm³/mol. The molecule has 0 atom stereocenters. The number of nitrogens with zero attached hydrogens (tertiary/aromatic N) is 2. The van der Waals surface area contributed by atoms with Crippen LogP contribution in [0.4, 0.5) is 4.39 Å². The fraction of sp³-hybridized carbons (Fsp3) is 0. The molecule has 0 fully saturated rings. The number of rotatable bonds is 4. The molecule has 4 rings (SSSR count). The summed E-state index contributed by atoms with van der Waals surface area (Å²) in [6.45, 7) is 0. The van der Waals surface area contributed by atoms with Gasteiger partial charge in [0.1, 0.15) is 23.1 Å². The number of aromatic hydroxyl groups is 2. The molecule has 0 aliphatic heterocycles. The van der Waals surface area contributed by atoms with E-state index in [0.717, 1.165) is 6.07 Å². The maximum atomic E-state index is 14.3. The fourth-order valence-corrected chi connectivity index (χ4v) is 3.08. The van der Waals surface area contributed by atoms with Crippen molar-refractivity contribution in [1.82, 2.24) is 9.55 Å². The minimum atomic E-state index is -1.37. The monoisotopic (exact) mass is 390 g/mol. The summed E-state index contributed by atoms with van der Waals surface area (Å²) in [6, 6.07) is 16.9. The van der Waals surface area contributed by atoms with E-state index in [9.17, 15) is 19.4 Å². The van der Waals surface area contributed by atoms with Crippen molar-refractivity contribution in [1.29, 1.82) is 0 Å². The van der Waals surface area contributed by atoms with Crippen LogP contribution in [0.3, 0.4) is 0 Å². The van der Waals surface area contributed by atoms with Crippen molar-refractivity contribution < 1.29 is 24.5 Å². The van der Waals surface area contributed by atoms with Crippen molar-refractivity contribution in [3.63, 3.8) is 0 Å². The van der Waals surface area contributed by atoms with E-state index in [4.69, 9.17) is 5.11 Å². The van der Waals surface area contributed by atoms with Gasteiger partial charge in [-0.05, 0) is 42.5 Å². The van der Waals surface area contributed by atoms with Crippen LogP contribution in [0.5, 0.6) is 11.5 Å². The zero-order valence-electron chi connectivity index (χ0n) is 15.0. The molecule has 4 aromatic rings. The summed E-state index contributed by atoms with van der Waals surface area (Å²) in [7, 11) is 0. The number of hydrogen-bond acceptors (Lipinski definition) is 4. The molecule has 29 heavy (non-hydrogen) atoms. The van der Waals surface area contributed by atoms with E-state index >= 15 is 0 Å². The lowest BCUT2D eigenvalue weighted by Gasteiger charge is -2.10. The number of benzene rings is 3. The number of aromatic nitrogens is 2. The Labute approximate surface area is 164 Å². The van der Waals surface area contributed by atoms with E-state index in [1.54, 1.807) is 42.6 Å². The van der Waals surface area contributed by atoms with Gasteiger partial charge in [0.05, 0.1) is 22.5 Å². The molecule has 0 radical (unpaired) electrons. The molecule has 0 unspecified atom stereocenters. The summed E-state index contributed by atoms with van der Waals surface area (Å²) in [5.74, 6) is -1.95. The largest absolute Gasteiger partial charge is 0.507 e. The molecule has 0 saturated heterocycles. The first-order valence-electron chi connectivity index (χ1n) is 8.65. The summed E-state index contributed by atoms with van der Waals surface area (Å²) in [5, 5.41) is 29.5. The van der Waals surface area contributed by atoms with Crippen molar-refractivity contribution >= 4 is 5.97 Å². The third kappa shape index (κ3) is 3.29. The molecule has 0 aliphatic carbocycles. The van der Waals surface area contributed by atoms with Gasteiger partial charge in [0, 0.05) is 11.8 Å². The van der Waals surface area contributed by atoms with Crippen LogP contribution in [-0.2, 0) is 0 Å². The molecule has 1 heterocycles. The second kappa shape index (κ2) is 7.12. The number of hydrogen-bond donors (Lipinski definition) is 3. The van der Waals surface area contributed by atoms with E-state index in [2.05, 4.69) is 4.98 Å². The molecule has 0 aliphatic rings. The summed E-state index contributed by atoms with van der Waals surface area (Å²) >= 11 is 0. The molecule has 3 N–H and O–H groups in total. The number of para-hydroxylation sites is 2. The van der Waals surface area contributed by atoms with Crippen LogP contribution in [0.15, 0.2) is 72.9 Å². The highest BCUT2D eigenvalue weighted by Gasteiger charge is 2.19. The number of imidazole rings is 1. The summed E-state index contributed by atoms with van der Waals surface area (Å²) in [5.41, 5.74) is 1.14. The lowest BCUT2D eigenvalue weighted by molar-refractivity contribution is 0.0692. The average molecular weight is 390 g/mol. The van der Waals surface area contributed by atoms with Gasteiger partial charge in [0.2, 0.25) is 0 Å². The van der Waals surface area contributed by atoms with Crippen LogP contribution in [0.25, 0.3) is 28.3 Å². The van der Waals surface area contributed by atoms with Gasteiger partial charge in [-0.1, -0.05) is 24.3 Å². The minimum absolute atomic E-state index is 0.0217. The van der Waals surface area contributed by atoms with Crippen LogP contribution in [0, 0.1) is 5.82 Å². The van der Waals surface area contributed by atoms with Crippen molar-refractivity contribution in [3.05, 3.63) is 84.3 Å². The zero-order chi connectivity index (χ0) is 20.5. The van der Waals surface area contributed by atoms with Gasteiger partial charge in [-0.3, -0.25) is 4.57 Å². The fourth-order valence-electron chi connectivity index (χ4n) is 3.08. The smallest absolute Gasteiger partial charge is 0.338 e. The van der Waals surface area contributed by atoms with E-state index in [1.807, 2.05) is 0 Å². The van der Waals surface area contributed by atoms with E-state index < -0.39 is 17.3 Å². The molecule has 144 valence electrons. The molecule has 0 amide bonds. The molecule has 1 aromatic heterocycles. The quantitative estimate of drug-likeness (QED) is 0.478. The number of carbonyl (C=O) groups is 1. The number of phenolic OH excluding ortho intramolecular Hbond substituents is 2. The third-order valence-electron chi connectivity index (χ3n) is 4.49. The lowest BCUT2D eigenvalue weighted by Crippen LogP contribution is -2.03. The summed E-state index contributed by atoms with van der Waals surface area (Å²) in [4.78, 5) is 15.6. The Morgan fingerprint density at radius 2 is 1.52 bits per heavy atom. The first-order chi connectivity index (χ1) is 14.0. The van der Waals surface area contributed by atoms with Crippen LogP contribution < -0.4 is 0 Å². The highest BCUT2D eigenvalue weighted by molar-refractivity contribution is 5.88. The molecular formula is C22H15FN2O4. The minimum Gasteiger partial charge on any atom is -0.507 e. The van der Waals surface area contributed by atoms with Gasteiger partial charge in [-0.15, -0.1) is 0 Å². The zero-order valence-corrected chi connectivity index (χ0v) is 15.0. The summed E-state index contributed by atoms with van der Waals surface area (Å²) in [6.07, 6.45) is 1.59. The number of phenols is 2. The molecule has 6 nitrogen and oxygen atoms in total. The van der Waals surface area contributed by atoms with E-state index in [1.165, 1.54) is 28.8 Å². The molecule has 7 heteroatoms. The van der Waals surface area contributed by atoms with Crippen molar-refractivity contribution in [2.45, 2.75) is 0 Å². The standard InChI is InChI=1S/C22H15FN2O4/c23-17-11-13(9-10-14(17)22(28)29)25-12-18(15-5-1-3-7-19(15)26)24-21(25)16-6-2-4-8-20(16)27/h1-12,26-27H,(H,28,29). The normalized spacial score (nSPS) is 10.8. The topological polar surface area (TPSA) is 95.6 Å².